The Morgan fingerprint density at radius 3 is 2.46 bits per heavy atom. The van der Waals surface area contributed by atoms with E-state index in [0.29, 0.717) is 6.04 Å². The van der Waals surface area contributed by atoms with Crippen LogP contribution in [0.5, 0.6) is 0 Å². The SMILES string of the molecule is CC(CS)CC(C)N1CCOCC1. The molecule has 2 atom stereocenters. The fourth-order valence-electron chi connectivity index (χ4n) is 1.82. The molecule has 0 amide bonds. The molecule has 1 aliphatic heterocycles. The predicted molar refractivity (Wildman–Crippen MR) is 59.5 cm³/mol. The van der Waals surface area contributed by atoms with Crippen LogP contribution in [0.3, 0.4) is 0 Å². The Labute approximate surface area is 87.0 Å². The van der Waals surface area contributed by atoms with Crippen molar-refractivity contribution in [3.63, 3.8) is 0 Å². The lowest BCUT2D eigenvalue weighted by atomic mass is 10.0. The molecule has 0 radical (unpaired) electrons. The first-order valence-electron chi connectivity index (χ1n) is 5.16. The van der Waals surface area contributed by atoms with Gasteiger partial charge in [0.2, 0.25) is 0 Å². The molecule has 0 N–H and O–H groups in total. The van der Waals surface area contributed by atoms with E-state index in [0.717, 1.165) is 38.0 Å². The molecule has 1 fully saturated rings. The van der Waals surface area contributed by atoms with E-state index < -0.39 is 0 Å². The number of thiol groups is 1. The van der Waals surface area contributed by atoms with Crippen LogP contribution in [-0.2, 0) is 4.74 Å². The molecule has 3 heteroatoms. The third-order valence-corrected chi connectivity index (χ3v) is 3.35. The van der Waals surface area contributed by atoms with Crippen molar-refractivity contribution >= 4 is 12.6 Å². The Bertz CT molecular complexity index is 137. The lowest BCUT2D eigenvalue weighted by molar-refractivity contribution is 0.0164. The third kappa shape index (κ3) is 3.88. The third-order valence-electron chi connectivity index (χ3n) is 2.72. The van der Waals surface area contributed by atoms with Gasteiger partial charge in [-0.3, -0.25) is 4.90 Å². The van der Waals surface area contributed by atoms with Crippen LogP contribution in [0, 0.1) is 5.92 Å². The maximum atomic E-state index is 5.32. The highest BCUT2D eigenvalue weighted by Crippen LogP contribution is 2.13. The van der Waals surface area contributed by atoms with Gasteiger partial charge in [-0.15, -0.1) is 0 Å². The molecule has 13 heavy (non-hydrogen) atoms. The molecule has 2 nitrogen and oxygen atoms in total. The van der Waals surface area contributed by atoms with Crippen molar-refractivity contribution in [2.24, 2.45) is 5.92 Å². The molecule has 0 bridgehead atoms. The molecular weight excluding hydrogens is 182 g/mol. The van der Waals surface area contributed by atoms with Crippen LogP contribution >= 0.6 is 12.6 Å². The van der Waals surface area contributed by atoms with E-state index >= 15 is 0 Å². The lowest BCUT2D eigenvalue weighted by Crippen LogP contribution is -2.42. The van der Waals surface area contributed by atoms with Crippen LogP contribution in [0.4, 0.5) is 0 Å². The quantitative estimate of drug-likeness (QED) is 0.698. The van der Waals surface area contributed by atoms with Gasteiger partial charge in [0.25, 0.3) is 0 Å². The zero-order chi connectivity index (χ0) is 9.68. The summed E-state index contributed by atoms with van der Waals surface area (Å²) in [6.45, 7) is 8.58. The molecule has 78 valence electrons. The number of nitrogens with zero attached hydrogens (tertiary/aromatic N) is 1. The van der Waals surface area contributed by atoms with Crippen LogP contribution < -0.4 is 0 Å². The first-order chi connectivity index (χ1) is 6.24. The van der Waals surface area contributed by atoms with E-state index in [9.17, 15) is 0 Å². The van der Waals surface area contributed by atoms with Crippen molar-refractivity contribution in [1.29, 1.82) is 0 Å². The Morgan fingerprint density at radius 2 is 1.92 bits per heavy atom. The van der Waals surface area contributed by atoms with Crippen LogP contribution in [0.25, 0.3) is 0 Å². The van der Waals surface area contributed by atoms with E-state index in [2.05, 4.69) is 31.4 Å². The van der Waals surface area contributed by atoms with E-state index in [1.165, 1.54) is 6.42 Å². The fourth-order valence-corrected chi connectivity index (χ4v) is 1.97. The second-order valence-corrected chi connectivity index (χ2v) is 4.39. The highest BCUT2D eigenvalue weighted by atomic mass is 32.1. The van der Waals surface area contributed by atoms with Gasteiger partial charge in [0.1, 0.15) is 0 Å². The van der Waals surface area contributed by atoms with Crippen LogP contribution in [0.2, 0.25) is 0 Å². The minimum Gasteiger partial charge on any atom is -0.379 e. The number of hydrogen-bond acceptors (Lipinski definition) is 3. The summed E-state index contributed by atoms with van der Waals surface area (Å²) in [6, 6.07) is 0.686. The monoisotopic (exact) mass is 203 g/mol. The van der Waals surface area contributed by atoms with Gasteiger partial charge in [-0.1, -0.05) is 6.92 Å². The molecule has 1 rings (SSSR count). The zero-order valence-electron chi connectivity index (χ0n) is 8.70. The molecule has 0 aromatic rings. The van der Waals surface area contributed by atoms with Crippen molar-refractivity contribution in [2.45, 2.75) is 26.3 Å². The molecule has 1 aliphatic rings. The maximum Gasteiger partial charge on any atom is 0.0594 e. The highest BCUT2D eigenvalue weighted by Gasteiger charge is 2.18. The second-order valence-electron chi connectivity index (χ2n) is 4.02. The summed E-state index contributed by atoms with van der Waals surface area (Å²) in [6.07, 6.45) is 1.25. The molecule has 0 aromatic heterocycles. The van der Waals surface area contributed by atoms with Crippen molar-refractivity contribution in [2.75, 3.05) is 32.1 Å². The molecule has 0 spiro atoms. The van der Waals surface area contributed by atoms with Crippen LogP contribution in [0.1, 0.15) is 20.3 Å². The Balaban J connectivity index is 2.24. The number of rotatable bonds is 4. The van der Waals surface area contributed by atoms with Gasteiger partial charge in [0.05, 0.1) is 13.2 Å². The smallest absolute Gasteiger partial charge is 0.0594 e. The second kappa shape index (κ2) is 5.89. The number of hydrogen-bond donors (Lipinski definition) is 1. The first kappa shape index (κ1) is 11.3. The minimum absolute atomic E-state index is 0.686. The molecule has 1 heterocycles. The molecule has 0 aliphatic carbocycles. The number of morpholine rings is 1. The average molecular weight is 203 g/mol. The highest BCUT2D eigenvalue weighted by molar-refractivity contribution is 7.80. The van der Waals surface area contributed by atoms with Gasteiger partial charge < -0.3 is 4.74 Å². The maximum absolute atomic E-state index is 5.32. The Morgan fingerprint density at radius 1 is 1.31 bits per heavy atom. The van der Waals surface area contributed by atoms with Crippen molar-refractivity contribution < 1.29 is 4.74 Å². The summed E-state index contributed by atoms with van der Waals surface area (Å²) >= 11 is 4.31. The van der Waals surface area contributed by atoms with E-state index in [4.69, 9.17) is 4.74 Å². The molecule has 0 saturated carbocycles. The normalized spacial score (nSPS) is 24.2. The van der Waals surface area contributed by atoms with Gasteiger partial charge in [0.15, 0.2) is 0 Å². The van der Waals surface area contributed by atoms with Gasteiger partial charge in [-0.2, -0.15) is 12.6 Å². The summed E-state index contributed by atoms with van der Waals surface area (Å²) in [4.78, 5) is 2.52. The van der Waals surface area contributed by atoms with Crippen molar-refractivity contribution in [1.82, 2.24) is 4.90 Å². The molecular formula is C10H21NOS. The van der Waals surface area contributed by atoms with E-state index in [1.807, 2.05) is 0 Å². The summed E-state index contributed by atoms with van der Waals surface area (Å²) in [5.74, 6) is 1.72. The predicted octanol–water partition coefficient (Wildman–Crippen LogP) is 1.66. The molecule has 1 saturated heterocycles. The lowest BCUT2D eigenvalue weighted by Gasteiger charge is -2.33. The van der Waals surface area contributed by atoms with E-state index in [1.54, 1.807) is 0 Å². The summed E-state index contributed by atoms with van der Waals surface area (Å²) < 4.78 is 5.32. The van der Waals surface area contributed by atoms with Crippen LogP contribution in [0.15, 0.2) is 0 Å². The van der Waals surface area contributed by atoms with Crippen molar-refractivity contribution in [3.8, 4) is 0 Å². The number of ether oxygens (including phenoxy) is 1. The molecule has 2 unspecified atom stereocenters. The topological polar surface area (TPSA) is 12.5 Å². The van der Waals surface area contributed by atoms with Gasteiger partial charge >= 0.3 is 0 Å². The first-order valence-corrected chi connectivity index (χ1v) is 5.80. The standard InChI is InChI=1S/C10H21NOS/c1-9(8-13)7-10(2)11-3-5-12-6-4-11/h9-10,13H,3-8H2,1-2H3. The van der Waals surface area contributed by atoms with Gasteiger partial charge in [0, 0.05) is 19.1 Å². The summed E-state index contributed by atoms with van der Waals surface area (Å²) in [5, 5.41) is 0. The Kier molecular flexibility index (Phi) is 5.14. The minimum atomic E-state index is 0.686. The summed E-state index contributed by atoms with van der Waals surface area (Å²) in [5.41, 5.74) is 0. The largest absolute Gasteiger partial charge is 0.379 e. The van der Waals surface area contributed by atoms with Gasteiger partial charge in [-0.25, -0.2) is 0 Å². The fraction of sp³-hybridized carbons (Fsp3) is 1.00. The Hall–Kier alpha value is 0.270. The van der Waals surface area contributed by atoms with Crippen molar-refractivity contribution in [3.05, 3.63) is 0 Å². The zero-order valence-corrected chi connectivity index (χ0v) is 9.59. The van der Waals surface area contributed by atoms with E-state index in [-0.39, 0.29) is 0 Å². The molecule has 0 aromatic carbocycles. The van der Waals surface area contributed by atoms with Crippen LogP contribution in [-0.4, -0.2) is 43.0 Å². The average Bonchev–Trinajstić information content (AvgIpc) is 2.19. The van der Waals surface area contributed by atoms with Gasteiger partial charge in [-0.05, 0) is 25.0 Å². The summed E-state index contributed by atoms with van der Waals surface area (Å²) in [7, 11) is 0.